The first-order chi connectivity index (χ1) is 20.4. The maximum Gasteiger partial charge on any atom is 0.329 e. The third-order valence-electron chi connectivity index (χ3n) is 6.43. The Balaban J connectivity index is 1.44. The summed E-state index contributed by atoms with van der Waals surface area (Å²) >= 11 is 12.4. The summed E-state index contributed by atoms with van der Waals surface area (Å²) in [5.41, 5.74) is 5.22. The van der Waals surface area contributed by atoms with E-state index >= 15 is 0 Å². The second-order valence-corrected chi connectivity index (χ2v) is 12.8. The molecule has 0 saturated carbocycles. The highest BCUT2D eigenvalue weighted by Gasteiger charge is 2.27. The Kier molecular flexibility index (Phi) is 10.4. The zero-order valence-electron chi connectivity index (χ0n) is 23.7. The minimum atomic E-state index is -3.96. The van der Waals surface area contributed by atoms with Crippen molar-refractivity contribution in [3.05, 3.63) is 117 Å². The fourth-order valence-electron chi connectivity index (χ4n) is 3.99. The fourth-order valence-corrected chi connectivity index (χ4v) is 5.84. The van der Waals surface area contributed by atoms with Crippen LogP contribution in [0.1, 0.15) is 48.0 Å². The largest absolute Gasteiger partial charge is 0.459 e. The topological polar surface area (TPSA) is 121 Å². The van der Waals surface area contributed by atoms with Crippen LogP contribution in [0.15, 0.2) is 93.3 Å². The van der Waals surface area contributed by atoms with E-state index in [0.29, 0.717) is 33.0 Å². The second kappa shape index (κ2) is 14.0. The van der Waals surface area contributed by atoms with E-state index in [4.69, 9.17) is 27.6 Å². The van der Waals surface area contributed by atoms with Crippen LogP contribution in [0.3, 0.4) is 0 Å². The minimum Gasteiger partial charge on any atom is -0.459 e. The summed E-state index contributed by atoms with van der Waals surface area (Å²) in [5, 5.41) is 7.06. The van der Waals surface area contributed by atoms with Gasteiger partial charge in [0.2, 0.25) is 10.0 Å². The molecule has 2 amide bonds. The Morgan fingerprint density at radius 2 is 1.63 bits per heavy atom. The first-order valence-corrected chi connectivity index (χ1v) is 15.5. The second-order valence-electron chi connectivity index (χ2n) is 10.1. The SMILES string of the molecule is Cc1ccc(S(=O)(=O)N(Cc2ccc(/C=N/NC(=O)C(=O)Nc3ccc(C(C)C)cc3)o2)Cc2ccc(Cl)cc2Cl)cc1. The molecule has 0 spiro atoms. The van der Waals surface area contributed by atoms with E-state index in [1.54, 1.807) is 66.7 Å². The highest BCUT2D eigenvalue weighted by molar-refractivity contribution is 7.89. The number of nitrogens with zero attached hydrogens (tertiary/aromatic N) is 2. The van der Waals surface area contributed by atoms with Gasteiger partial charge in [0.25, 0.3) is 0 Å². The summed E-state index contributed by atoms with van der Waals surface area (Å²) in [5.74, 6) is -0.959. The van der Waals surface area contributed by atoms with Crippen LogP contribution in [0, 0.1) is 6.92 Å². The lowest BCUT2D eigenvalue weighted by Gasteiger charge is -2.22. The van der Waals surface area contributed by atoms with Crippen molar-refractivity contribution < 1.29 is 22.4 Å². The van der Waals surface area contributed by atoms with E-state index in [2.05, 4.69) is 29.7 Å². The normalized spacial score (nSPS) is 11.8. The summed E-state index contributed by atoms with van der Waals surface area (Å²) in [7, 11) is -3.96. The number of furan rings is 1. The van der Waals surface area contributed by atoms with Crippen LogP contribution in [0.2, 0.25) is 10.0 Å². The van der Waals surface area contributed by atoms with Gasteiger partial charge in [-0.25, -0.2) is 13.8 Å². The number of hydrazone groups is 1. The number of hydrogen-bond donors (Lipinski definition) is 2. The van der Waals surface area contributed by atoms with Crippen molar-refractivity contribution in [2.45, 2.75) is 44.7 Å². The maximum atomic E-state index is 13.6. The molecule has 0 unspecified atom stereocenters. The quantitative estimate of drug-likeness (QED) is 0.116. The number of rotatable bonds is 10. The van der Waals surface area contributed by atoms with Gasteiger partial charge >= 0.3 is 11.8 Å². The predicted molar refractivity (Wildman–Crippen MR) is 168 cm³/mol. The van der Waals surface area contributed by atoms with E-state index in [1.807, 2.05) is 19.1 Å². The summed E-state index contributed by atoms with van der Waals surface area (Å²) in [4.78, 5) is 24.5. The van der Waals surface area contributed by atoms with Crippen LogP contribution in [-0.2, 0) is 32.7 Å². The number of hydrogen-bond acceptors (Lipinski definition) is 6. The summed E-state index contributed by atoms with van der Waals surface area (Å²) in [6, 6.07) is 21.7. The number of sulfonamides is 1. The average Bonchev–Trinajstić information content (AvgIpc) is 3.41. The van der Waals surface area contributed by atoms with Crippen LogP contribution in [0.4, 0.5) is 5.69 Å². The molecule has 9 nitrogen and oxygen atoms in total. The van der Waals surface area contributed by atoms with Crippen molar-refractivity contribution in [1.29, 1.82) is 0 Å². The molecule has 2 N–H and O–H groups in total. The zero-order chi connectivity index (χ0) is 31.1. The van der Waals surface area contributed by atoms with E-state index < -0.39 is 21.8 Å². The highest BCUT2D eigenvalue weighted by Crippen LogP contribution is 2.27. The standard InChI is InChI=1S/C31H30Cl2N4O5S/c1-20(2)22-7-10-25(11-8-22)35-30(38)31(39)36-34-17-26-12-13-27(42-26)19-37(18-23-6-9-24(32)16-29(23)33)43(40,41)28-14-4-21(3)5-15-28/h4-17,20H,18-19H2,1-3H3,(H,35,38)(H,36,39)/b34-17+. The molecule has 0 saturated heterocycles. The number of carbonyl (C=O) groups excluding carboxylic acids is 2. The summed E-state index contributed by atoms with van der Waals surface area (Å²) < 4.78 is 34.3. The predicted octanol–water partition coefficient (Wildman–Crippen LogP) is 6.50. The number of carbonyl (C=O) groups is 2. The summed E-state index contributed by atoms with van der Waals surface area (Å²) in [6.45, 7) is 5.83. The molecule has 0 aliphatic rings. The lowest BCUT2D eigenvalue weighted by atomic mass is 10.0. The Hall–Kier alpha value is -3.96. The monoisotopic (exact) mass is 640 g/mol. The smallest absolute Gasteiger partial charge is 0.329 e. The van der Waals surface area contributed by atoms with Crippen molar-refractivity contribution in [3.8, 4) is 0 Å². The maximum absolute atomic E-state index is 13.6. The number of aryl methyl sites for hydroxylation is 1. The lowest BCUT2D eigenvalue weighted by Crippen LogP contribution is -2.32. The first-order valence-electron chi connectivity index (χ1n) is 13.3. The molecular weight excluding hydrogens is 611 g/mol. The van der Waals surface area contributed by atoms with Gasteiger partial charge in [-0.3, -0.25) is 9.59 Å². The number of anilines is 1. The molecule has 43 heavy (non-hydrogen) atoms. The molecule has 3 aromatic carbocycles. The third kappa shape index (κ3) is 8.55. The molecule has 0 radical (unpaired) electrons. The Bertz CT molecular complexity index is 1730. The summed E-state index contributed by atoms with van der Waals surface area (Å²) in [6.07, 6.45) is 1.21. The van der Waals surface area contributed by atoms with Gasteiger partial charge in [-0.05, 0) is 72.5 Å². The molecule has 224 valence electrons. The zero-order valence-corrected chi connectivity index (χ0v) is 26.0. The Labute approximate surface area is 260 Å². The van der Waals surface area contributed by atoms with Crippen molar-refractivity contribution in [2.75, 3.05) is 5.32 Å². The highest BCUT2D eigenvalue weighted by atomic mass is 35.5. The molecule has 1 aromatic heterocycles. The van der Waals surface area contributed by atoms with Crippen LogP contribution >= 0.6 is 23.2 Å². The number of amides is 2. The van der Waals surface area contributed by atoms with Crippen molar-refractivity contribution in [2.24, 2.45) is 5.10 Å². The van der Waals surface area contributed by atoms with Crippen molar-refractivity contribution in [1.82, 2.24) is 9.73 Å². The van der Waals surface area contributed by atoms with Gasteiger partial charge in [0.15, 0.2) is 0 Å². The van der Waals surface area contributed by atoms with Gasteiger partial charge in [0.1, 0.15) is 11.5 Å². The number of nitrogens with one attached hydrogen (secondary N) is 2. The molecule has 0 aliphatic carbocycles. The van der Waals surface area contributed by atoms with Gasteiger partial charge in [-0.2, -0.15) is 9.41 Å². The molecule has 1 heterocycles. The van der Waals surface area contributed by atoms with Crippen LogP contribution in [-0.4, -0.2) is 30.8 Å². The van der Waals surface area contributed by atoms with E-state index in [0.717, 1.165) is 11.1 Å². The fraction of sp³-hybridized carbons (Fsp3) is 0.194. The van der Waals surface area contributed by atoms with Gasteiger partial charge in [-0.15, -0.1) is 0 Å². The molecule has 0 atom stereocenters. The average molecular weight is 642 g/mol. The molecule has 0 aliphatic heterocycles. The van der Waals surface area contributed by atoms with Crippen LogP contribution in [0.5, 0.6) is 0 Å². The number of benzene rings is 3. The van der Waals surface area contributed by atoms with Gasteiger partial charge in [0, 0.05) is 22.3 Å². The van der Waals surface area contributed by atoms with Gasteiger partial charge < -0.3 is 9.73 Å². The van der Waals surface area contributed by atoms with Gasteiger partial charge in [-0.1, -0.05) is 72.9 Å². The molecular formula is C31H30Cl2N4O5S. The van der Waals surface area contributed by atoms with Crippen molar-refractivity contribution >= 4 is 56.9 Å². The first kappa shape index (κ1) is 32.0. The Morgan fingerprint density at radius 3 is 2.28 bits per heavy atom. The Morgan fingerprint density at radius 1 is 0.930 bits per heavy atom. The minimum absolute atomic E-state index is 0.0400. The van der Waals surface area contributed by atoms with Crippen LogP contribution < -0.4 is 10.7 Å². The van der Waals surface area contributed by atoms with Crippen molar-refractivity contribution in [3.63, 3.8) is 0 Å². The van der Waals surface area contributed by atoms with Gasteiger partial charge in [0.05, 0.1) is 17.7 Å². The van der Waals surface area contributed by atoms with Crippen LogP contribution in [0.25, 0.3) is 0 Å². The lowest BCUT2D eigenvalue weighted by molar-refractivity contribution is -0.136. The number of halogens is 2. The molecule has 0 fully saturated rings. The molecule has 0 bridgehead atoms. The third-order valence-corrected chi connectivity index (χ3v) is 8.83. The van der Waals surface area contributed by atoms with E-state index in [-0.39, 0.29) is 23.7 Å². The van der Waals surface area contributed by atoms with E-state index in [9.17, 15) is 18.0 Å². The molecule has 12 heteroatoms. The molecule has 4 rings (SSSR count). The molecule has 4 aromatic rings. The van der Waals surface area contributed by atoms with E-state index in [1.165, 1.54) is 10.5 Å².